The van der Waals surface area contributed by atoms with E-state index in [1.165, 1.54) is 12.0 Å². The van der Waals surface area contributed by atoms with Gasteiger partial charge in [0.1, 0.15) is 0 Å². The van der Waals surface area contributed by atoms with Crippen LogP contribution in [0.2, 0.25) is 5.02 Å². The summed E-state index contributed by atoms with van der Waals surface area (Å²) in [4.78, 5) is 9.40. The van der Waals surface area contributed by atoms with Crippen LogP contribution in [0.25, 0.3) is 0 Å². The summed E-state index contributed by atoms with van der Waals surface area (Å²) in [7, 11) is 1.88. The van der Waals surface area contributed by atoms with Crippen molar-refractivity contribution >= 4 is 17.6 Å². The van der Waals surface area contributed by atoms with E-state index in [-0.39, 0.29) is 0 Å². The molecule has 4 nitrogen and oxygen atoms in total. The van der Waals surface area contributed by atoms with Gasteiger partial charge in [-0.2, -0.15) is 0 Å². The van der Waals surface area contributed by atoms with Gasteiger partial charge < -0.3 is 10.2 Å². The average molecular weight is 347 g/mol. The van der Waals surface area contributed by atoms with E-state index in [1.54, 1.807) is 0 Å². The van der Waals surface area contributed by atoms with Gasteiger partial charge in [0.2, 0.25) is 0 Å². The summed E-state index contributed by atoms with van der Waals surface area (Å²) in [5.74, 6) is 1.03. The number of nitrogens with one attached hydrogen (secondary N) is 1. The van der Waals surface area contributed by atoms with Crippen LogP contribution >= 0.6 is 11.6 Å². The number of hydrogen-bond donors (Lipinski definition) is 1. The zero-order chi connectivity index (χ0) is 16.8. The van der Waals surface area contributed by atoms with E-state index in [0.717, 1.165) is 56.5 Å². The first-order valence-corrected chi connectivity index (χ1v) is 9.24. The van der Waals surface area contributed by atoms with Crippen LogP contribution in [0, 0.1) is 0 Å². The van der Waals surface area contributed by atoms with E-state index in [0.29, 0.717) is 6.04 Å². The lowest BCUT2D eigenvalue weighted by molar-refractivity contribution is 0.259. The lowest BCUT2D eigenvalue weighted by Crippen LogP contribution is -2.43. The predicted octanol–water partition coefficient (Wildman–Crippen LogP) is 2.79. The molecule has 1 atom stereocenters. The molecule has 0 bridgehead atoms. The molecule has 2 heterocycles. The van der Waals surface area contributed by atoms with Gasteiger partial charge in [0, 0.05) is 50.8 Å². The Morgan fingerprint density at radius 3 is 2.83 bits per heavy atom. The molecular weight excluding hydrogens is 320 g/mol. The molecule has 2 aliphatic rings. The van der Waals surface area contributed by atoms with Gasteiger partial charge in [-0.25, -0.2) is 0 Å². The minimum absolute atomic E-state index is 0.654. The van der Waals surface area contributed by atoms with Crippen molar-refractivity contribution in [1.82, 2.24) is 15.1 Å². The molecule has 0 amide bonds. The van der Waals surface area contributed by atoms with Crippen LogP contribution in [0.1, 0.15) is 18.4 Å². The summed E-state index contributed by atoms with van der Waals surface area (Å²) >= 11 is 6.21. The molecule has 1 saturated heterocycles. The summed E-state index contributed by atoms with van der Waals surface area (Å²) in [6.45, 7) is 5.28. The minimum Gasteiger partial charge on any atom is -0.356 e. The molecule has 24 heavy (non-hydrogen) atoms. The Bertz CT molecular complexity index is 591. The third-order valence-corrected chi connectivity index (χ3v) is 5.27. The number of likely N-dealkylation sites (tertiary alicyclic amines) is 1. The molecule has 1 unspecified atom stereocenters. The highest BCUT2D eigenvalue weighted by atomic mass is 35.5. The number of hydrogen-bond acceptors (Lipinski definition) is 2. The molecule has 2 aliphatic heterocycles. The molecule has 0 spiro atoms. The number of guanidine groups is 1. The highest BCUT2D eigenvalue weighted by Crippen LogP contribution is 2.18. The second-order valence-corrected chi connectivity index (χ2v) is 6.89. The van der Waals surface area contributed by atoms with Gasteiger partial charge in [0.25, 0.3) is 0 Å². The molecular formula is C19H27ClN4. The Hall–Kier alpha value is -1.52. The molecule has 0 aromatic heterocycles. The maximum absolute atomic E-state index is 6.21. The fourth-order valence-corrected chi connectivity index (χ4v) is 3.77. The van der Waals surface area contributed by atoms with Crippen molar-refractivity contribution in [3.63, 3.8) is 0 Å². The van der Waals surface area contributed by atoms with Crippen molar-refractivity contribution in [2.45, 2.75) is 25.3 Å². The van der Waals surface area contributed by atoms with E-state index in [9.17, 15) is 0 Å². The van der Waals surface area contributed by atoms with E-state index in [1.807, 2.05) is 25.2 Å². The van der Waals surface area contributed by atoms with Crippen molar-refractivity contribution in [2.75, 3.05) is 39.8 Å². The number of halogens is 1. The molecule has 1 aromatic carbocycles. The number of nitrogens with zero attached hydrogens (tertiary/aromatic N) is 3. The maximum Gasteiger partial charge on any atom is 0.193 e. The van der Waals surface area contributed by atoms with Gasteiger partial charge in [0.15, 0.2) is 5.96 Å². The van der Waals surface area contributed by atoms with Gasteiger partial charge >= 0.3 is 0 Å². The van der Waals surface area contributed by atoms with Gasteiger partial charge in [0.05, 0.1) is 0 Å². The van der Waals surface area contributed by atoms with E-state index >= 15 is 0 Å². The minimum atomic E-state index is 0.654. The molecule has 1 aromatic rings. The second-order valence-electron chi connectivity index (χ2n) is 6.48. The maximum atomic E-state index is 6.21. The first-order chi connectivity index (χ1) is 11.8. The molecule has 0 radical (unpaired) electrons. The number of rotatable bonds is 5. The predicted molar refractivity (Wildman–Crippen MR) is 102 cm³/mol. The Kier molecular flexibility index (Phi) is 6.16. The van der Waals surface area contributed by atoms with Crippen molar-refractivity contribution in [3.05, 3.63) is 47.0 Å². The third-order valence-electron chi connectivity index (χ3n) is 4.90. The topological polar surface area (TPSA) is 30.9 Å². The number of benzene rings is 1. The Morgan fingerprint density at radius 1 is 1.29 bits per heavy atom. The van der Waals surface area contributed by atoms with Crippen LogP contribution in [-0.2, 0) is 6.42 Å². The van der Waals surface area contributed by atoms with Gasteiger partial charge in [-0.15, -0.1) is 0 Å². The normalized spacial score (nSPS) is 21.7. The lowest BCUT2D eigenvalue weighted by atomic mass is 10.1. The van der Waals surface area contributed by atoms with E-state index in [2.05, 4.69) is 38.3 Å². The summed E-state index contributed by atoms with van der Waals surface area (Å²) < 4.78 is 0. The highest BCUT2D eigenvalue weighted by molar-refractivity contribution is 6.31. The molecule has 1 fully saturated rings. The van der Waals surface area contributed by atoms with Crippen molar-refractivity contribution < 1.29 is 0 Å². The standard InChI is InChI=1S/C19H27ClN4/c1-21-19(22-11-6-8-16-7-2-3-9-18(16)20)24-14-10-17(15-24)23-12-4-5-13-23/h2-5,7,9,17H,6,8,10-15H2,1H3,(H,21,22). The molecule has 1 N–H and O–H groups in total. The van der Waals surface area contributed by atoms with Gasteiger partial charge in [-0.3, -0.25) is 9.89 Å². The molecule has 0 aliphatic carbocycles. The first-order valence-electron chi connectivity index (χ1n) is 8.86. The van der Waals surface area contributed by atoms with E-state index < -0.39 is 0 Å². The molecule has 0 saturated carbocycles. The van der Waals surface area contributed by atoms with Gasteiger partial charge in [-0.1, -0.05) is 42.0 Å². The smallest absolute Gasteiger partial charge is 0.193 e. The Morgan fingerprint density at radius 2 is 2.08 bits per heavy atom. The largest absolute Gasteiger partial charge is 0.356 e. The van der Waals surface area contributed by atoms with Crippen LogP contribution in [-0.4, -0.2) is 61.6 Å². The van der Waals surface area contributed by atoms with E-state index in [4.69, 9.17) is 11.6 Å². The van der Waals surface area contributed by atoms with Crippen LogP contribution in [0.4, 0.5) is 0 Å². The zero-order valence-electron chi connectivity index (χ0n) is 14.4. The zero-order valence-corrected chi connectivity index (χ0v) is 15.2. The monoisotopic (exact) mass is 346 g/mol. The van der Waals surface area contributed by atoms with Crippen molar-refractivity contribution in [3.8, 4) is 0 Å². The quantitative estimate of drug-likeness (QED) is 0.385. The van der Waals surface area contributed by atoms with Crippen LogP contribution in [0.15, 0.2) is 41.4 Å². The summed E-state index contributed by atoms with van der Waals surface area (Å²) in [5.41, 5.74) is 1.22. The highest BCUT2D eigenvalue weighted by Gasteiger charge is 2.29. The van der Waals surface area contributed by atoms with Crippen molar-refractivity contribution in [1.29, 1.82) is 0 Å². The molecule has 130 valence electrons. The molecule has 5 heteroatoms. The first kappa shape index (κ1) is 17.3. The summed E-state index contributed by atoms with van der Waals surface area (Å²) in [6, 6.07) is 8.74. The van der Waals surface area contributed by atoms with Crippen LogP contribution < -0.4 is 5.32 Å². The fourth-order valence-electron chi connectivity index (χ4n) is 3.54. The van der Waals surface area contributed by atoms with Crippen LogP contribution in [0.5, 0.6) is 0 Å². The SMILES string of the molecule is CN=C(NCCCc1ccccc1Cl)N1CCC(N2CC=CC2)C1. The Balaban J connectivity index is 1.41. The molecule has 3 rings (SSSR count). The van der Waals surface area contributed by atoms with Gasteiger partial charge in [-0.05, 0) is 30.9 Å². The fraction of sp³-hybridized carbons (Fsp3) is 0.526. The number of aliphatic imine (C=N–C) groups is 1. The average Bonchev–Trinajstić information content (AvgIpc) is 3.27. The van der Waals surface area contributed by atoms with Crippen LogP contribution in [0.3, 0.4) is 0 Å². The van der Waals surface area contributed by atoms with Crippen molar-refractivity contribution in [2.24, 2.45) is 4.99 Å². The third kappa shape index (κ3) is 4.31. The lowest BCUT2D eigenvalue weighted by Gasteiger charge is -2.25. The summed E-state index contributed by atoms with van der Waals surface area (Å²) in [6.07, 6.45) is 7.80. The summed E-state index contributed by atoms with van der Waals surface area (Å²) in [5, 5.41) is 4.38. The number of aryl methyl sites for hydroxylation is 1. The Labute approximate surface area is 150 Å². The second kappa shape index (κ2) is 8.54.